The molecule has 0 unspecified atom stereocenters. The smallest absolute Gasteiger partial charge is 0.311 e. The van der Waals surface area contributed by atoms with E-state index >= 15 is 0 Å². The summed E-state index contributed by atoms with van der Waals surface area (Å²) in [5.41, 5.74) is 2.65. The van der Waals surface area contributed by atoms with E-state index < -0.39 is 6.10 Å². The summed E-state index contributed by atoms with van der Waals surface area (Å²) in [6.07, 6.45) is 13.1. The van der Waals surface area contributed by atoms with Gasteiger partial charge in [0, 0.05) is 24.3 Å². The molecule has 2 N–H and O–H groups in total. The Kier molecular flexibility index (Phi) is 5.48. The lowest BCUT2D eigenvalue weighted by Gasteiger charge is -2.51. The zero-order valence-corrected chi connectivity index (χ0v) is 16.9. The van der Waals surface area contributed by atoms with Gasteiger partial charge in [0.1, 0.15) is 6.10 Å². The topological polar surface area (TPSA) is 58.6 Å². The van der Waals surface area contributed by atoms with Crippen LogP contribution in [-0.2, 0) is 9.53 Å². The van der Waals surface area contributed by atoms with Gasteiger partial charge in [-0.15, -0.1) is 0 Å². The molecule has 4 aliphatic rings. The second kappa shape index (κ2) is 7.71. The lowest BCUT2D eigenvalue weighted by Crippen LogP contribution is -2.54. The van der Waals surface area contributed by atoms with Gasteiger partial charge < -0.3 is 15.2 Å². The van der Waals surface area contributed by atoms with E-state index in [1.54, 1.807) is 5.57 Å². The molecule has 0 aromatic heterocycles. The van der Waals surface area contributed by atoms with E-state index in [0.29, 0.717) is 12.5 Å². The zero-order valence-electron chi connectivity index (χ0n) is 16.9. The van der Waals surface area contributed by atoms with Crippen LogP contribution in [0.3, 0.4) is 0 Å². The second-order valence-electron chi connectivity index (χ2n) is 9.36. The number of hydrogen-bond acceptors (Lipinski definition) is 4. The Morgan fingerprint density at radius 1 is 1.30 bits per heavy atom. The average molecular weight is 374 g/mol. The number of esters is 1. The zero-order chi connectivity index (χ0) is 19.0. The molecule has 0 aromatic carbocycles. The van der Waals surface area contributed by atoms with Crippen LogP contribution in [0.2, 0.25) is 0 Å². The van der Waals surface area contributed by atoms with Gasteiger partial charge in [-0.1, -0.05) is 37.1 Å². The third-order valence-corrected chi connectivity index (χ3v) is 7.94. The third kappa shape index (κ3) is 3.40. The second-order valence-corrected chi connectivity index (χ2v) is 9.36. The van der Waals surface area contributed by atoms with Crippen molar-refractivity contribution in [3.05, 3.63) is 23.3 Å². The summed E-state index contributed by atoms with van der Waals surface area (Å²) < 4.78 is 5.73. The lowest BCUT2D eigenvalue weighted by molar-refractivity contribution is -0.144. The summed E-state index contributed by atoms with van der Waals surface area (Å²) in [5.74, 6) is 0.0133. The summed E-state index contributed by atoms with van der Waals surface area (Å²) in [6.45, 7) is 5.97. The minimum atomic E-state index is -0.503. The van der Waals surface area contributed by atoms with Crippen molar-refractivity contribution in [3.63, 3.8) is 0 Å². The first-order valence-electron chi connectivity index (χ1n) is 11.0. The van der Waals surface area contributed by atoms with E-state index in [9.17, 15) is 9.90 Å². The number of ether oxygens (including phenoxy) is 1. The first kappa shape index (κ1) is 19.2. The van der Waals surface area contributed by atoms with Crippen LogP contribution < -0.4 is 5.32 Å². The van der Waals surface area contributed by atoms with E-state index in [1.165, 1.54) is 31.3 Å². The molecule has 1 saturated carbocycles. The van der Waals surface area contributed by atoms with Crippen molar-refractivity contribution in [3.8, 4) is 0 Å². The van der Waals surface area contributed by atoms with E-state index in [2.05, 4.69) is 31.3 Å². The number of carbonyl (C=O) groups excluding carboxylic acids is 1. The summed E-state index contributed by atoms with van der Waals surface area (Å²) in [5, 5.41) is 14.8. The molecule has 1 saturated heterocycles. The highest BCUT2D eigenvalue weighted by Gasteiger charge is 2.59. The first-order valence-corrected chi connectivity index (χ1v) is 11.0. The van der Waals surface area contributed by atoms with E-state index in [-0.39, 0.29) is 29.3 Å². The van der Waals surface area contributed by atoms with Crippen LogP contribution in [0.5, 0.6) is 0 Å². The molecule has 0 bridgehead atoms. The number of aliphatic hydroxyl groups is 1. The van der Waals surface area contributed by atoms with Crippen LogP contribution in [0, 0.1) is 23.2 Å². The summed E-state index contributed by atoms with van der Waals surface area (Å²) in [7, 11) is 0. The molecule has 2 fully saturated rings. The van der Waals surface area contributed by atoms with Gasteiger partial charge in [0.2, 0.25) is 0 Å². The van der Waals surface area contributed by atoms with Crippen molar-refractivity contribution in [2.24, 2.45) is 23.2 Å². The fourth-order valence-corrected chi connectivity index (χ4v) is 5.94. The van der Waals surface area contributed by atoms with Gasteiger partial charge in [-0.05, 0) is 57.4 Å². The molecule has 3 aliphatic carbocycles. The molecule has 4 heteroatoms. The number of allylic oxidation sites excluding steroid dienone is 2. The third-order valence-electron chi connectivity index (χ3n) is 7.94. The van der Waals surface area contributed by atoms with Crippen LogP contribution in [0.1, 0.15) is 65.2 Å². The predicted molar refractivity (Wildman–Crippen MR) is 106 cm³/mol. The Hall–Kier alpha value is -1.13. The van der Waals surface area contributed by atoms with Gasteiger partial charge in [-0.25, -0.2) is 0 Å². The molecule has 27 heavy (non-hydrogen) atoms. The predicted octanol–water partition coefficient (Wildman–Crippen LogP) is 3.75. The summed E-state index contributed by atoms with van der Waals surface area (Å²) in [4.78, 5) is 12.6. The van der Waals surface area contributed by atoms with Crippen LogP contribution in [0.15, 0.2) is 23.3 Å². The monoisotopic (exact) mass is 373 g/mol. The highest BCUT2D eigenvalue weighted by molar-refractivity contribution is 5.76. The van der Waals surface area contributed by atoms with E-state index in [1.807, 2.05) is 0 Å². The highest BCUT2D eigenvalue weighted by Crippen LogP contribution is 2.55. The molecule has 1 heterocycles. The quantitative estimate of drug-likeness (QED) is 0.438. The minimum absolute atomic E-state index is 0.0819. The Labute approximate surface area is 163 Å². The lowest BCUT2D eigenvalue weighted by atomic mass is 9.55. The number of nitrogens with one attached hydrogen (secondary N) is 1. The number of rotatable bonds is 5. The van der Waals surface area contributed by atoms with Crippen LogP contribution in [0.25, 0.3) is 0 Å². The van der Waals surface area contributed by atoms with Crippen molar-refractivity contribution in [1.29, 1.82) is 0 Å². The van der Waals surface area contributed by atoms with Gasteiger partial charge >= 0.3 is 5.97 Å². The maximum absolute atomic E-state index is 12.6. The molecule has 4 rings (SSSR count). The fraction of sp³-hybridized carbons (Fsp3) is 0.783. The molecular formula is C23H35NO3. The SMILES string of the molecule is C[C@@H]1CCC=C2C[C@H]3OC(=O)[C@@H](CNCCC4=CCCCC4)[C@H]3[C@H](O)[C@@]21C. The molecule has 4 nitrogen and oxygen atoms in total. The van der Waals surface area contributed by atoms with Gasteiger partial charge in [0.25, 0.3) is 0 Å². The Bertz CT molecular complexity index is 640. The Balaban J connectivity index is 1.40. The molecular weight excluding hydrogens is 338 g/mol. The van der Waals surface area contributed by atoms with Crippen molar-refractivity contribution in [2.75, 3.05) is 13.1 Å². The molecule has 0 aromatic rings. The number of aliphatic hydroxyl groups excluding tert-OH is 1. The maximum Gasteiger partial charge on any atom is 0.311 e. The van der Waals surface area contributed by atoms with Crippen molar-refractivity contribution in [1.82, 2.24) is 5.32 Å². The minimum Gasteiger partial charge on any atom is -0.461 e. The molecule has 0 spiro atoms. The van der Waals surface area contributed by atoms with E-state index in [0.717, 1.165) is 32.2 Å². The van der Waals surface area contributed by atoms with E-state index in [4.69, 9.17) is 4.74 Å². The number of fused-ring (bicyclic) bond motifs is 2. The van der Waals surface area contributed by atoms with Crippen molar-refractivity contribution < 1.29 is 14.6 Å². The van der Waals surface area contributed by atoms with Gasteiger partial charge in [-0.3, -0.25) is 4.79 Å². The molecule has 1 aliphatic heterocycles. The highest BCUT2D eigenvalue weighted by atomic mass is 16.6. The number of carbonyl (C=O) groups is 1. The van der Waals surface area contributed by atoms with Gasteiger partial charge in [0.15, 0.2) is 0 Å². The Morgan fingerprint density at radius 2 is 2.15 bits per heavy atom. The van der Waals surface area contributed by atoms with Crippen molar-refractivity contribution >= 4 is 5.97 Å². The molecule has 150 valence electrons. The average Bonchev–Trinajstić information content (AvgIpc) is 2.98. The van der Waals surface area contributed by atoms with Crippen LogP contribution in [0.4, 0.5) is 0 Å². The maximum atomic E-state index is 12.6. The standard InChI is InChI=1S/C23H35NO3/c1-15-7-6-10-17-13-19-20(21(25)23(15,17)2)18(22(26)27-19)14-24-12-11-16-8-4-3-5-9-16/h8,10,15,18-21,24-25H,3-7,9,11-14H2,1-2H3/t15-,18+,19-,20-,21+,23-/m1/s1. The Morgan fingerprint density at radius 3 is 2.93 bits per heavy atom. The molecule has 6 atom stereocenters. The first-order chi connectivity index (χ1) is 13.0. The molecule has 0 amide bonds. The van der Waals surface area contributed by atoms with Gasteiger partial charge in [0.05, 0.1) is 12.0 Å². The number of hydrogen-bond donors (Lipinski definition) is 2. The summed E-state index contributed by atoms with van der Waals surface area (Å²) >= 11 is 0. The summed E-state index contributed by atoms with van der Waals surface area (Å²) in [6, 6.07) is 0. The largest absolute Gasteiger partial charge is 0.461 e. The van der Waals surface area contributed by atoms with Gasteiger partial charge in [-0.2, -0.15) is 0 Å². The fourth-order valence-electron chi connectivity index (χ4n) is 5.94. The normalized spacial score (nSPS) is 41.3. The van der Waals surface area contributed by atoms with Crippen molar-refractivity contribution in [2.45, 2.75) is 77.4 Å². The van der Waals surface area contributed by atoms with Crippen LogP contribution >= 0.6 is 0 Å². The molecule has 0 radical (unpaired) electrons. The van der Waals surface area contributed by atoms with Crippen LogP contribution in [-0.4, -0.2) is 36.4 Å².